The van der Waals surface area contributed by atoms with Gasteiger partial charge in [-0.1, -0.05) is 6.42 Å². The summed E-state index contributed by atoms with van der Waals surface area (Å²) < 4.78 is 3.17. The van der Waals surface area contributed by atoms with Crippen LogP contribution in [-0.2, 0) is 19.4 Å². The topological polar surface area (TPSA) is 59.8 Å². The van der Waals surface area contributed by atoms with Crippen LogP contribution < -0.4 is 5.32 Å². The number of carbonyl (C=O) groups excluding carboxylic acids is 1. The molecule has 3 rings (SSSR count). The Morgan fingerprint density at radius 2 is 2.29 bits per heavy atom. The van der Waals surface area contributed by atoms with Crippen LogP contribution in [0.2, 0.25) is 0 Å². The van der Waals surface area contributed by atoms with E-state index in [1.807, 2.05) is 11.4 Å². The number of carbonyl (C=O) groups is 1. The molecule has 0 bridgehead atoms. The fourth-order valence-corrected chi connectivity index (χ4v) is 3.88. The summed E-state index contributed by atoms with van der Waals surface area (Å²) in [5.41, 5.74) is 0. The molecule has 7 heteroatoms. The molecule has 1 amide bonds. The first-order chi connectivity index (χ1) is 10.2. The van der Waals surface area contributed by atoms with Crippen molar-refractivity contribution in [3.8, 4) is 0 Å². The minimum Gasteiger partial charge on any atom is -0.351 e. The SMILES string of the molecule is O=C(NCCc1nnc2n1CCCCC2)c1cc(Br)cs1. The summed E-state index contributed by atoms with van der Waals surface area (Å²) in [5.74, 6) is 2.05. The van der Waals surface area contributed by atoms with Gasteiger partial charge < -0.3 is 9.88 Å². The van der Waals surface area contributed by atoms with Crippen molar-refractivity contribution in [2.75, 3.05) is 6.54 Å². The van der Waals surface area contributed by atoms with Gasteiger partial charge in [-0.2, -0.15) is 0 Å². The van der Waals surface area contributed by atoms with Crippen LogP contribution in [0.5, 0.6) is 0 Å². The Morgan fingerprint density at radius 3 is 3.10 bits per heavy atom. The number of nitrogens with zero attached hydrogens (tertiary/aromatic N) is 3. The van der Waals surface area contributed by atoms with Gasteiger partial charge in [0.1, 0.15) is 11.6 Å². The van der Waals surface area contributed by atoms with E-state index >= 15 is 0 Å². The summed E-state index contributed by atoms with van der Waals surface area (Å²) in [6.45, 7) is 1.59. The molecule has 0 unspecified atom stereocenters. The molecule has 0 saturated carbocycles. The second-order valence-corrected chi connectivity index (χ2v) is 6.96. The molecule has 0 saturated heterocycles. The van der Waals surface area contributed by atoms with Gasteiger partial charge in [0, 0.05) is 35.8 Å². The smallest absolute Gasteiger partial charge is 0.261 e. The van der Waals surface area contributed by atoms with E-state index in [0.717, 1.165) is 40.4 Å². The minimum absolute atomic E-state index is 0.0266. The lowest BCUT2D eigenvalue weighted by molar-refractivity contribution is 0.0958. The number of aryl methyl sites for hydroxylation is 1. The van der Waals surface area contributed by atoms with Crippen molar-refractivity contribution in [3.63, 3.8) is 0 Å². The molecule has 1 aliphatic heterocycles. The Kier molecular flexibility index (Phi) is 4.70. The Morgan fingerprint density at radius 1 is 1.38 bits per heavy atom. The first kappa shape index (κ1) is 14.7. The molecule has 2 aromatic rings. The van der Waals surface area contributed by atoms with Crippen molar-refractivity contribution in [2.45, 2.75) is 38.6 Å². The van der Waals surface area contributed by atoms with Crippen LogP contribution >= 0.6 is 27.3 Å². The van der Waals surface area contributed by atoms with Gasteiger partial charge in [0.2, 0.25) is 0 Å². The van der Waals surface area contributed by atoms with Crippen molar-refractivity contribution in [2.24, 2.45) is 0 Å². The fraction of sp³-hybridized carbons (Fsp3) is 0.500. The zero-order valence-corrected chi connectivity index (χ0v) is 14.0. The van der Waals surface area contributed by atoms with Gasteiger partial charge in [-0.25, -0.2) is 0 Å². The van der Waals surface area contributed by atoms with Crippen molar-refractivity contribution >= 4 is 33.2 Å². The molecule has 0 aliphatic carbocycles. The molecule has 1 N–H and O–H groups in total. The highest BCUT2D eigenvalue weighted by Crippen LogP contribution is 2.19. The van der Waals surface area contributed by atoms with Gasteiger partial charge in [0.15, 0.2) is 0 Å². The van der Waals surface area contributed by atoms with E-state index in [4.69, 9.17) is 0 Å². The first-order valence-electron chi connectivity index (χ1n) is 7.17. The molecule has 0 fully saturated rings. The van der Waals surface area contributed by atoms with Crippen LogP contribution in [-0.4, -0.2) is 27.2 Å². The number of rotatable bonds is 4. The molecule has 0 spiro atoms. The number of fused-ring (bicyclic) bond motifs is 1. The van der Waals surface area contributed by atoms with Crippen LogP contribution in [0.15, 0.2) is 15.9 Å². The maximum Gasteiger partial charge on any atom is 0.261 e. The third kappa shape index (κ3) is 3.52. The zero-order chi connectivity index (χ0) is 14.7. The van der Waals surface area contributed by atoms with Crippen LogP contribution in [0.1, 0.15) is 40.6 Å². The summed E-state index contributed by atoms with van der Waals surface area (Å²) in [6, 6.07) is 1.84. The summed E-state index contributed by atoms with van der Waals surface area (Å²) in [4.78, 5) is 12.7. The van der Waals surface area contributed by atoms with Crippen molar-refractivity contribution in [1.29, 1.82) is 0 Å². The highest BCUT2D eigenvalue weighted by molar-refractivity contribution is 9.10. The first-order valence-corrected chi connectivity index (χ1v) is 8.84. The van der Waals surface area contributed by atoms with Gasteiger partial charge in [-0.3, -0.25) is 4.79 Å². The molecular formula is C14H17BrN4OS. The molecule has 0 atom stereocenters. The summed E-state index contributed by atoms with van der Waals surface area (Å²) in [6.07, 6.45) is 5.39. The fourth-order valence-electron chi connectivity index (χ4n) is 2.54. The summed E-state index contributed by atoms with van der Waals surface area (Å²) in [7, 11) is 0. The predicted octanol–water partition coefficient (Wildman–Crippen LogP) is 2.80. The number of amides is 1. The summed E-state index contributed by atoms with van der Waals surface area (Å²) in [5, 5.41) is 13.4. The number of aromatic nitrogens is 3. The van der Waals surface area contributed by atoms with E-state index in [9.17, 15) is 4.79 Å². The second kappa shape index (κ2) is 6.70. The van der Waals surface area contributed by atoms with E-state index in [2.05, 4.69) is 36.0 Å². The molecule has 21 heavy (non-hydrogen) atoms. The molecule has 5 nitrogen and oxygen atoms in total. The lowest BCUT2D eigenvalue weighted by atomic mass is 10.2. The summed E-state index contributed by atoms with van der Waals surface area (Å²) >= 11 is 4.80. The van der Waals surface area contributed by atoms with E-state index in [0.29, 0.717) is 6.54 Å². The zero-order valence-electron chi connectivity index (χ0n) is 11.6. The normalized spacial score (nSPS) is 14.5. The standard InChI is InChI=1S/C14H17BrN4OS/c15-10-8-11(21-9-10)14(20)16-6-5-13-18-17-12-4-2-1-3-7-19(12)13/h8-9H,1-7H2,(H,16,20). The monoisotopic (exact) mass is 368 g/mol. The van der Waals surface area contributed by atoms with Crippen molar-refractivity contribution in [1.82, 2.24) is 20.1 Å². The number of hydrogen-bond donors (Lipinski definition) is 1. The Hall–Kier alpha value is -1.21. The second-order valence-electron chi connectivity index (χ2n) is 5.13. The van der Waals surface area contributed by atoms with Crippen LogP contribution in [0.3, 0.4) is 0 Å². The maximum atomic E-state index is 12.0. The average molecular weight is 369 g/mol. The quantitative estimate of drug-likeness (QED) is 0.902. The van der Waals surface area contributed by atoms with E-state index in [-0.39, 0.29) is 5.91 Å². The molecule has 0 radical (unpaired) electrons. The lowest BCUT2D eigenvalue weighted by Crippen LogP contribution is -2.25. The minimum atomic E-state index is -0.0266. The van der Waals surface area contributed by atoms with E-state index < -0.39 is 0 Å². The number of thiophene rings is 1. The molecule has 112 valence electrons. The largest absolute Gasteiger partial charge is 0.351 e. The van der Waals surface area contributed by atoms with Crippen LogP contribution in [0, 0.1) is 0 Å². The molecule has 1 aliphatic rings. The van der Waals surface area contributed by atoms with Crippen LogP contribution in [0.4, 0.5) is 0 Å². The molecule has 3 heterocycles. The number of nitrogens with one attached hydrogen (secondary N) is 1. The van der Waals surface area contributed by atoms with Gasteiger partial charge in [-0.15, -0.1) is 21.5 Å². The van der Waals surface area contributed by atoms with E-state index in [1.54, 1.807) is 0 Å². The van der Waals surface area contributed by atoms with Crippen molar-refractivity contribution in [3.05, 3.63) is 32.4 Å². The van der Waals surface area contributed by atoms with E-state index in [1.165, 1.54) is 30.6 Å². The number of hydrogen-bond acceptors (Lipinski definition) is 4. The number of halogens is 1. The molecular weight excluding hydrogens is 352 g/mol. The molecule has 0 aromatic carbocycles. The van der Waals surface area contributed by atoms with Gasteiger partial charge in [0.25, 0.3) is 5.91 Å². The highest BCUT2D eigenvalue weighted by atomic mass is 79.9. The Labute approximate surface area is 135 Å². The van der Waals surface area contributed by atoms with Gasteiger partial charge >= 0.3 is 0 Å². The van der Waals surface area contributed by atoms with Gasteiger partial charge in [-0.05, 0) is 34.8 Å². The highest BCUT2D eigenvalue weighted by Gasteiger charge is 2.15. The molecule has 2 aromatic heterocycles. The third-order valence-corrected chi connectivity index (χ3v) is 5.30. The van der Waals surface area contributed by atoms with Crippen molar-refractivity contribution < 1.29 is 4.79 Å². The predicted molar refractivity (Wildman–Crippen MR) is 85.6 cm³/mol. The average Bonchev–Trinajstić information content (AvgIpc) is 2.99. The third-order valence-electron chi connectivity index (χ3n) is 3.61. The Balaban J connectivity index is 1.56. The maximum absolute atomic E-state index is 12.0. The lowest BCUT2D eigenvalue weighted by Gasteiger charge is -2.07. The Bertz CT molecular complexity index is 637. The van der Waals surface area contributed by atoms with Crippen LogP contribution in [0.25, 0.3) is 0 Å². The van der Waals surface area contributed by atoms with Gasteiger partial charge in [0.05, 0.1) is 4.88 Å².